The molecule has 1 aromatic carbocycles. The molecule has 2 rings (SSSR count). The number of para-hydroxylation sites is 2. The molecule has 0 heterocycles. The van der Waals surface area contributed by atoms with E-state index in [-0.39, 0.29) is 12.5 Å². The number of amides is 1. The predicted octanol–water partition coefficient (Wildman–Crippen LogP) is 1.44. The molecule has 110 valence electrons. The van der Waals surface area contributed by atoms with E-state index >= 15 is 0 Å². The second-order valence-electron chi connectivity index (χ2n) is 5.27. The maximum atomic E-state index is 12.1. The Kier molecular flexibility index (Phi) is 5.38. The van der Waals surface area contributed by atoms with Crippen LogP contribution in [0, 0.1) is 0 Å². The second kappa shape index (κ2) is 7.26. The number of carbonyl (C=O) groups excluding carboxylic acids is 1. The monoisotopic (exact) mass is 277 g/mol. The molecule has 4 N–H and O–H groups in total. The topological polar surface area (TPSA) is 78.6 Å². The van der Waals surface area contributed by atoms with Gasteiger partial charge < -0.3 is 16.2 Å². The molecule has 5 nitrogen and oxygen atoms in total. The van der Waals surface area contributed by atoms with Gasteiger partial charge in [0.15, 0.2) is 0 Å². The van der Waals surface area contributed by atoms with Crippen LogP contribution < -0.4 is 11.1 Å². The minimum atomic E-state index is -0.0484. The van der Waals surface area contributed by atoms with Gasteiger partial charge in [-0.05, 0) is 31.4 Å². The van der Waals surface area contributed by atoms with Gasteiger partial charge in [-0.2, -0.15) is 0 Å². The molecule has 0 unspecified atom stereocenters. The van der Waals surface area contributed by atoms with Gasteiger partial charge in [0.2, 0.25) is 5.91 Å². The molecule has 0 radical (unpaired) electrons. The predicted molar refractivity (Wildman–Crippen MR) is 80.4 cm³/mol. The van der Waals surface area contributed by atoms with Crippen LogP contribution in [0.5, 0.6) is 0 Å². The van der Waals surface area contributed by atoms with E-state index in [0.717, 1.165) is 19.4 Å². The zero-order chi connectivity index (χ0) is 14.4. The van der Waals surface area contributed by atoms with E-state index in [2.05, 4.69) is 10.2 Å². The summed E-state index contributed by atoms with van der Waals surface area (Å²) in [5.74, 6) is -0.0484. The fourth-order valence-corrected chi connectivity index (χ4v) is 2.40. The summed E-state index contributed by atoms with van der Waals surface area (Å²) in [7, 11) is 0. The molecule has 0 bridgehead atoms. The normalized spacial score (nSPS) is 15.1. The van der Waals surface area contributed by atoms with Crippen molar-refractivity contribution in [3.05, 3.63) is 24.3 Å². The van der Waals surface area contributed by atoms with Gasteiger partial charge in [-0.3, -0.25) is 9.69 Å². The number of nitrogen functional groups attached to an aromatic ring is 1. The number of nitrogens with one attached hydrogen (secondary N) is 1. The number of benzene rings is 1. The van der Waals surface area contributed by atoms with Crippen LogP contribution >= 0.6 is 0 Å². The average Bonchev–Trinajstić information content (AvgIpc) is 2.36. The van der Waals surface area contributed by atoms with E-state index in [9.17, 15) is 4.79 Å². The Hall–Kier alpha value is -1.59. The van der Waals surface area contributed by atoms with E-state index in [1.165, 1.54) is 6.42 Å². The molecule has 0 spiro atoms. The molecule has 1 aromatic rings. The molecule has 0 aromatic heterocycles. The first-order valence-electron chi connectivity index (χ1n) is 7.20. The molecule has 0 aliphatic heterocycles. The Labute approximate surface area is 119 Å². The standard InChI is InChI=1S/C15H23N3O2/c16-13-7-1-2-8-14(13)17-15(20)11-18(9-4-10-19)12-5-3-6-12/h1-2,7-8,12,19H,3-6,9-11,16H2,(H,17,20). The molecule has 1 saturated carbocycles. The molecule has 1 amide bonds. The Morgan fingerprint density at radius 2 is 2.15 bits per heavy atom. The maximum absolute atomic E-state index is 12.1. The summed E-state index contributed by atoms with van der Waals surface area (Å²) < 4.78 is 0. The molecule has 20 heavy (non-hydrogen) atoms. The van der Waals surface area contributed by atoms with Crippen molar-refractivity contribution in [3.63, 3.8) is 0 Å². The van der Waals surface area contributed by atoms with Crippen LogP contribution in [0.25, 0.3) is 0 Å². The highest BCUT2D eigenvalue weighted by atomic mass is 16.3. The summed E-state index contributed by atoms with van der Waals surface area (Å²) in [6, 6.07) is 7.74. The van der Waals surface area contributed by atoms with Crippen molar-refractivity contribution < 1.29 is 9.90 Å². The molecule has 0 saturated heterocycles. The van der Waals surface area contributed by atoms with Gasteiger partial charge in [0.1, 0.15) is 0 Å². The Balaban J connectivity index is 1.89. The van der Waals surface area contributed by atoms with Gasteiger partial charge in [-0.25, -0.2) is 0 Å². The third-order valence-corrected chi connectivity index (χ3v) is 3.78. The number of nitrogens with zero attached hydrogens (tertiary/aromatic N) is 1. The van der Waals surface area contributed by atoms with Crippen LogP contribution in [0.4, 0.5) is 11.4 Å². The van der Waals surface area contributed by atoms with E-state index in [1.54, 1.807) is 12.1 Å². The van der Waals surface area contributed by atoms with Crippen LogP contribution in [-0.2, 0) is 4.79 Å². The van der Waals surface area contributed by atoms with Crippen LogP contribution in [0.3, 0.4) is 0 Å². The lowest BCUT2D eigenvalue weighted by molar-refractivity contribution is -0.118. The molecule has 0 atom stereocenters. The van der Waals surface area contributed by atoms with Gasteiger partial charge in [0, 0.05) is 19.2 Å². The number of hydrogen-bond donors (Lipinski definition) is 3. The second-order valence-corrected chi connectivity index (χ2v) is 5.27. The van der Waals surface area contributed by atoms with Gasteiger partial charge in [-0.15, -0.1) is 0 Å². The number of rotatable bonds is 7. The summed E-state index contributed by atoms with van der Waals surface area (Å²) >= 11 is 0. The lowest BCUT2D eigenvalue weighted by atomic mass is 9.91. The quantitative estimate of drug-likeness (QED) is 0.659. The largest absolute Gasteiger partial charge is 0.397 e. The van der Waals surface area contributed by atoms with E-state index < -0.39 is 0 Å². The van der Waals surface area contributed by atoms with Crippen molar-refractivity contribution in [2.45, 2.75) is 31.7 Å². The third kappa shape index (κ3) is 3.95. The summed E-state index contributed by atoms with van der Waals surface area (Å²) in [6.45, 7) is 1.29. The van der Waals surface area contributed by atoms with Crippen molar-refractivity contribution in [2.75, 3.05) is 30.7 Å². The lowest BCUT2D eigenvalue weighted by Gasteiger charge is -2.37. The van der Waals surface area contributed by atoms with Crippen molar-refractivity contribution in [2.24, 2.45) is 0 Å². The fourth-order valence-electron chi connectivity index (χ4n) is 2.40. The first kappa shape index (κ1) is 14.8. The highest BCUT2D eigenvalue weighted by Crippen LogP contribution is 2.25. The smallest absolute Gasteiger partial charge is 0.238 e. The van der Waals surface area contributed by atoms with Crippen molar-refractivity contribution in [1.29, 1.82) is 0 Å². The molecule has 1 aliphatic carbocycles. The van der Waals surface area contributed by atoms with Crippen molar-refractivity contribution in [1.82, 2.24) is 4.90 Å². The Bertz CT molecular complexity index is 446. The molecule has 5 heteroatoms. The van der Waals surface area contributed by atoms with Crippen molar-refractivity contribution >= 4 is 17.3 Å². The molecule has 1 fully saturated rings. The van der Waals surface area contributed by atoms with Gasteiger partial charge in [0.05, 0.1) is 17.9 Å². The van der Waals surface area contributed by atoms with Gasteiger partial charge in [-0.1, -0.05) is 18.6 Å². The summed E-state index contributed by atoms with van der Waals surface area (Å²) in [6.07, 6.45) is 4.23. The van der Waals surface area contributed by atoms with E-state index in [1.807, 2.05) is 12.1 Å². The van der Waals surface area contributed by atoms with Crippen LogP contribution in [0.2, 0.25) is 0 Å². The van der Waals surface area contributed by atoms with Gasteiger partial charge in [0.25, 0.3) is 0 Å². The number of aliphatic hydroxyl groups excluding tert-OH is 1. The first-order chi connectivity index (χ1) is 9.70. The molecular weight excluding hydrogens is 254 g/mol. The van der Waals surface area contributed by atoms with E-state index in [4.69, 9.17) is 10.8 Å². The van der Waals surface area contributed by atoms with E-state index in [0.29, 0.717) is 30.4 Å². The van der Waals surface area contributed by atoms with Gasteiger partial charge >= 0.3 is 0 Å². The number of aliphatic hydroxyl groups is 1. The number of carbonyl (C=O) groups is 1. The SMILES string of the molecule is Nc1ccccc1NC(=O)CN(CCCO)C1CCC1. The molecular formula is C15H23N3O2. The van der Waals surface area contributed by atoms with Crippen LogP contribution in [-0.4, -0.2) is 41.7 Å². The summed E-state index contributed by atoms with van der Waals surface area (Å²) in [5, 5.41) is 11.8. The summed E-state index contributed by atoms with van der Waals surface area (Å²) in [5.41, 5.74) is 7.05. The minimum absolute atomic E-state index is 0.0484. The van der Waals surface area contributed by atoms with Crippen LogP contribution in [0.15, 0.2) is 24.3 Å². The zero-order valence-electron chi connectivity index (χ0n) is 11.7. The Morgan fingerprint density at radius 1 is 1.40 bits per heavy atom. The minimum Gasteiger partial charge on any atom is -0.397 e. The number of nitrogens with two attached hydrogens (primary N) is 1. The molecule has 1 aliphatic rings. The van der Waals surface area contributed by atoms with Crippen molar-refractivity contribution in [3.8, 4) is 0 Å². The fraction of sp³-hybridized carbons (Fsp3) is 0.533. The lowest BCUT2D eigenvalue weighted by Crippen LogP contribution is -2.45. The summed E-state index contributed by atoms with van der Waals surface area (Å²) in [4.78, 5) is 14.3. The number of anilines is 2. The maximum Gasteiger partial charge on any atom is 0.238 e. The third-order valence-electron chi connectivity index (χ3n) is 3.78. The zero-order valence-corrected chi connectivity index (χ0v) is 11.7. The highest BCUT2D eigenvalue weighted by molar-refractivity contribution is 5.95. The number of hydrogen-bond acceptors (Lipinski definition) is 4. The highest BCUT2D eigenvalue weighted by Gasteiger charge is 2.26. The Morgan fingerprint density at radius 3 is 2.75 bits per heavy atom. The first-order valence-corrected chi connectivity index (χ1v) is 7.20. The average molecular weight is 277 g/mol. The van der Waals surface area contributed by atoms with Crippen LogP contribution in [0.1, 0.15) is 25.7 Å².